The Morgan fingerprint density at radius 1 is 1.29 bits per heavy atom. The predicted molar refractivity (Wildman–Crippen MR) is 64.8 cm³/mol. The van der Waals surface area contributed by atoms with Gasteiger partial charge in [0.15, 0.2) is 4.75 Å². The Labute approximate surface area is 103 Å². The van der Waals surface area contributed by atoms with Crippen molar-refractivity contribution in [2.45, 2.75) is 51.4 Å². The number of rotatable bonds is 5. The lowest BCUT2D eigenvalue weighted by Crippen LogP contribution is -2.68. The van der Waals surface area contributed by atoms with Crippen LogP contribution >= 0.6 is 0 Å². The molecule has 0 aromatic carbocycles. The second-order valence-corrected chi connectivity index (χ2v) is 7.41. The number of carbonyl (C=O) groups excluding carboxylic acids is 1. The summed E-state index contributed by atoms with van der Waals surface area (Å²) in [4.78, 5) is 11.7. The summed E-state index contributed by atoms with van der Waals surface area (Å²) < 4.78 is 23.1. The van der Waals surface area contributed by atoms with E-state index in [0.717, 1.165) is 17.1 Å². The number of hydrogen-bond donors (Lipinski definition) is 1. The molecule has 1 saturated heterocycles. The van der Waals surface area contributed by atoms with Crippen LogP contribution in [0.1, 0.15) is 40.5 Å². The molecule has 1 unspecified atom stereocenters. The molecule has 0 aromatic heterocycles. The summed E-state index contributed by atoms with van der Waals surface area (Å²) in [7, 11) is -3.57. The van der Waals surface area contributed by atoms with Crippen molar-refractivity contribution in [2.75, 3.05) is 6.54 Å². The number of β-amino-alcohol motifs (C(OH)–C–C–N with tert-alkyl or cyclic N) is 1. The van der Waals surface area contributed by atoms with Gasteiger partial charge >= 0.3 is 0 Å². The lowest BCUT2D eigenvalue weighted by Gasteiger charge is -2.44. The number of amides is 1. The highest BCUT2D eigenvalue weighted by Gasteiger charge is 2.60. The fourth-order valence-corrected chi connectivity index (χ4v) is 3.63. The molecule has 1 N–H and O–H groups in total. The van der Waals surface area contributed by atoms with Gasteiger partial charge in [-0.3, -0.25) is 4.79 Å². The van der Waals surface area contributed by atoms with Gasteiger partial charge in [-0.1, -0.05) is 26.7 Å². The Morgan fingerprint density at radius 2 is 1.76 bits per heavy atom. The lowest BCUT2D eigenvalue weighted by atomic mass is 9.96. The van der Waals surface area contributed by atoms with Crippen molar-refractivity contribution >= 4 is 15.9 Å². The van der Waals surface area contributed by atoms with Crippen LogP contribution in [0.3, 0.4) is 0 Å². The smallest absolute Gasteiger partial charge is 0.258 e. The van der Waals surface area contributed by atoms with Crippen LogP contribution < -0.4 is 0 Å². The van der Waals surface area contributed by atoms with Crippen LogP contribution in [0.5, 0.6) is 0 Å². The molecule has 0 saturated carbocycles. The molecule has 100 valence electrons. The first-order valence-electron chi connectivity index (χ1n) is 5.94. The van der Waals surface area contributed by atoms with Crippen molar-refractivity contribution in [2.24, 2.45) is 5.92 Å². The Bertz CT molecular complexity index is 398. The summed E-state index contributed by atoms with van der Waals surface area (Å²) in [5, 5.41) is 9.91. The highest BCUT2D eigenvalue weighted by molar-refractivity contribution is 7.94. The Hall–Kier alpha value is -0.620. The molecule has 1 fully saturated rings. The van der Waals surface area contributed by atoms with E-state index in [0.29, 0.717) is 0 Å². The first-order valence-corrected chi connectivity index (χ1v) is 7.38. The molecule has 0 bridgehead atoms. The van der Waals surface area contributed by atoms with Gasteiger partial charge in [0.05, 0.1) is 12.6 Å². The monoisotopic (exact) mass is 263 g/mol. The number of sulfonamides is 1. The number of carbonyl (C=O) groups is 1. The molecule has 1 aliphatic rings. The van der Waals surface area contributed by atoms with Crippen LogP contribution in [0.4, 0.5) is 0 Å². The van der Waals surface area contributed by atoms with Gasteiger partial charge in [-0.15, -0.1) is 0 Å². The quantitative estimate of drug-likeness (QED) is 0.793. The van der Waals surface area contributed by atoms with Gasteiger partial charge in [0.1, 0.15) is 0 Å². The molecule has 5 nitrogen and oxygen atoms in total. The summed E-state index contributed by atoms with van der Waals surface area (Å²) in [6.07, 6.45) is 0.756. The minimum atomic E-state index is -3.57. The summed E-state index contributed by atoms with van der Waals surface area (Å²) in [6, 6.07) is 0. The van der Waals surface area contributed by atoms with E-state index in [1.165, 1.54) is 13.8 Å². The van der Waals surface area contributed by atoms with Gasteiger partial charge < -0.3 is 5.11 Å². The molecular weight excluding hydrogens is 242 g/mol. The molecular formula is C11H21NO4S. The second kappa shape index (κ2) is 4.57. The van der Waals surface area contributed by atoms with Crippen LogP contribution in [-0.2, 0) is 14.8 Å². The van der Waals surface area contributed by atoms with Crippen molar-refractivity contribution in [3.63, 3.8) is 0 Å². The number of aliphatic hydroxyl groups excluding tert-OH is 1. The van der Waals surface area contributed by atoms with Crippen molar-refractivity contribution in [1.29, 1.82) is 0 Å². The van der Waals surface area contributed by atoms with E-state index in [1.54, 1.807) is 0 Å². The fourth-order valence-electron chi connectivity index (χ4n) is 2.09. The van der Waals surface area contributed by atoms with E-state index in [-0.39, 0.29) is 12.5 Å². The zero-order valence-corrected chi connectivity index (χ0v) is 11.6. The second-order valence-electron chi connectivity index (χ2n) is 5.00. The van der Waals surface area contributed by atoms with Crippen molar-refractivity contribution in [3.05, 3.63) is 0 Å². The topological polar surface area (TPSA) is 74.7 Å². The maximum absolute atomic E-state index is 11.8. The average Bonchev–Trinajstić information content (AvgIpc) is 2.26. The van der Waals surface area contributed by atoms with Crippen molar-refractivity contribution < 1.29 is 18.3 Å². The van der Waals surface area contributed by atoms with Gasteiger partial charge in [0.25, 0.3) is 15.9 Å². The molecule has 0 aliphatic carbocycles. The first kappa shape index (κ1) is 14.4. The minimum Gasteiger partial charge on any atom is -0.391 e. The van der Waals surface area contributed by atoms with E-state index >= 15 is 0 Å². The number of hydrogen-bond acceptors (Lipinski definition) is 4. The van der Waals surface area contributed by atoms with E-state index in [1.807, 2.05) is 13.8 Å². The lowest BCUT2D eigenvalue weighted by molar-refractivity contribution is -0.133. The Morgan fingerprint density at radius 3 is 2.12 bits per heavy atom. The molecule has 6 heteroatoms. The van der Waals surface area contributed by atoms with Crippen molar-refractivity contribution in [1.82, 2.24) is 4.31 Å². The summed E-state index contributed by atoms with van der Waals surface area (Å²) in [5.41, 5.74) is 0. The van der Waals surface area contributed by atoms with Crippen LogP contribution in [-0.4, -0.2) is 41.1 Å². The molecule has 0 radical (unpaired) electrons. The van der Waals surface area contributed by atoms with Gasteiger partial charge in [-0.05, 0) is 19.8 Å². The molecule has 1 heterocycles. The van der Waals surface area contributed by atoms with Crippen LogP contribution in [0, 0.1) is 5.92 Å². The zero-order chi connectivity index (χ0) is 13.4. The van der Waals surface area contributed by atoms with Crippen LogP contribution in [0.2, 0.25) is 0 Å². The van der Waals surface area contributed by atoms with E-state index in [9.17, 15) is 18.3 Å². The zero-order valence-electron chi connectivity index (χ0n) is 10.8. The van der Waals surface area contributed by atoms with Crippen LogP contribution in [0.25, 0.3) is 0 Å². The third-order valence-corrected chi connectivity index (χ3v) is 5.98. The first-order chi connectivity index (χ1) is 7.70. The SMILES string of the molecule is CCC(CC)C(O)CN1C(=O)C(C)(C)S1(=O)=O. The summed E-state index contributed by atoms with van der Waals surface area (Å²) in [6.45, 7) is 6.55. The van der Waals surface area contributed by atoms with E-state index < -0.39 is 26.8 Å². The maximum atomic E-state index is 11.8. The van der Waals surface area contributed by atoms with Gasteiger partial charge in [0.2, 0.25) is 0 Å². The molecule has 0 aromatic rings. The van der Waals surface area contributed by atoms with Gasteiger partial charge in [0, 0.05) is 0 Å². The Kier molecular flexibility index (Phi) is 3.88. The number of aliphatic hydroxyl groups is 1. The third kappa shape index (κ3) is 2.08. The molecule has 0 spiro atoms. The summed E-state index contributed by atoms with van der Waals surface area (Å²) in [5.74, 6) is -0.399. The largest absolute Gasteiger partial charge is 0.391 e. The number of nitrogens with zero attached hydrogens (tertiary/aromatic N) is 1. The molecule has 1 rings (SSSR count). The maximum Gasteiger partial charge on any atom is 0.258 e. The van der Waals surface area contributed by atoms with Crippen LogP contribution in [0.15, 0.2) is 0 Å². The summed E-state index contributed by atoms with van der Waals surface area (Å²) >= 11 is 0. The highest BCUT2D eigenvalue weighted by atomic mass is 32.2. The molecule has 17 heavy (non-hydrogen) atoms. The predicted octanol–water partition coefficient (Wildman–Crippen LogP) is 0.734. The molecule has 1 amide bonds. The average molecular weight is 263 g/mol. The van der Waals surface area contributed by atoms with Gasteiger partial charge in [-0.25, -0.2) is 12.7 Å². The molecule has 1 aliphatic heterocycles. The standard InChI is InChI=1S/C11H21NO4S/c1-5-8(6-2)9(13)7-12-10(14)11(3,4)17(12,15)16/h8-9,13H,5-7H2,1-4H3. The van der Waals surface area contributed by atoms with E-state index in [2.05, 4.69) is 0 Å². The molecule has 1 atom stereocenters. The van der Waals surface area contributed by atoms with E-state index in [4.69, 9.17) is 0 Å². The third-order valence-electron chi connectivity index (χ3n) is 3.62. The normalized spacial score (nSPS) is 23.6. The highest BCUT2D eigenvalue weighted by Crippen LogP contribution is 2.35. The fraction of sp³-hybridized carbons (Fsp3) is 0.909. The minimum absolute atomic E-state index is 0.0294. The van der Waals surface area contributed by atoms with Crippen molar-refractivity contribution in [3.8, 4) is 0 Å². The van der Waals surface area contributed by atoms with Gasteiger partial charge in [-0.2, -0.15) is 0 Å². The Balaban J connectivity index is 2.76.